The van der Waals surface area contributed by atoms with Crippen molar-refractivity contribution in [1.82, 2.24) is 5.32 Å². The Kier molecular flexibility index (Phi) is 4.17. The van der Waals surface area contributed by atoms with E-state index in [4.69, 9.17) is 32.4 Å². The highest BCUT2D eigenvalue weighted by molar-refractivity contribution is 6.34. The number of methoxy groups -OCH3 is 1. The van der Waals surface area contributed by atoms with E-state index in [1.54, 1.807) is 31.8 Å². The van der Waals surface area contributed by atoms with Crippen LogP contribution < -0.4 is 10.1 Å². The van der Waals surface area contributed by atoms with Gasteiger partial charge in [0, 0.05) is 16.7 Å². The zero-order valence-corrected chi connectivity index (χ0v) is 11.5. The van der Waals surface area contributed by atoms with Crippen molar-refractivity contribution < 1.29 is 9.15 Å². The number of hydrogen-bond donors (Lipinski definition) is 1. The lowest BCUT2D eigenvalue weighted by Crippen LogP contribution is -2.17. The first kappa shape index (κ1) is 13.3. The molecule has 0 aliphatic heterocycles. The molecule has 1 unspecified atom stereocenters. The number of nitrogens with one attached hydrogen (secondary N) is 1. The van der Waals surface area contributed by atoms with Crippen LogP contribution in [-0.2, 0) is 0 Å². The Hall–Kier alpha value is -1.16. The Morgan fingerprint density at radius 2 is 2.06 bits per heavy atom. The smallest absolute Gasteiger partial charge is 0.138 e. The molecule has 1 N–H and O–H groups in total. The van der Waals surface area contributed by atoms with Gasteiger partial charge in [-0.3, -0.25) is 0 Å². The summed E-state index contributed by atoms with van der Waals surface area (Å²) in [5.74, 6) is 0.562. The first-order valence-corrected chi connectivity index (χ1v) is 6.15. The molecule has 18 heavy (non-hydrogen) atoms. The van der Waals surface area contributed by atoms with Crippen LogP contribution in [0.1, 0.15) is 17.2 Å². The van der Waals surface area contributed by atoms with E-state index in [1.165, 1.54) is 0 Å². The molecule has 0 aliphatic carbocycles. The van der Waals surface area contributed by atoms with Crippen LogP contribution in [0, 0.1) is 0 Å². The van der Waals surface area contributed by atoms with Crippen LogP contribution in [0.4, 0.5) is 0 Å². The van der Waals surface area contributed by atoms with E-state index in [0.717, 1.165) is 11.1 Å². The van der Waals surface area contributed by atoms with Gasteiger partial charge in [0.25, 0.3) is 0 Å². The van der Waals surface area contributed by atoms with Crippen molar-refractivity contribution in [1.29, 1.82) is 0 Å². The maximum Gasteiger partial charge on any atom is 0.138 e. The van der Waals surface area contributed by atoms with Crippen LogP contribution in [-0.4, -0.2) is 14.2 Å². The molecular weight excluding hydrogens is 273 g/mol. The molecule has 2 aromatic rings. The average molecular weight is 286 g/mol. The summed E-state index contributed by atoms with van der Waals surface area (Å²) in [5, 5.41) is 4.31. The zero-order chi connectivity index (χ0) is 13.1. The van der Waals surface area contributed by atoms with E-state index in [-0.39, 0.29) is 6.04 Å². The Morgan fingerprint density at radius 1 is 1.28 bits per heavy atom. The van der Waals surface area contributed by atoms with E-state index in [1.807, 2.05) is 13.1 Å². The number of benzene rings is 1. The standard InChI is InChI=1S/C13H13Cl2NO2/c1-16-13(8-3-4-18-7-8)9-5-11(15)12(17-2)6-10(9)14/h3-7,13,16H,1-2H3. The third kappa shape index (κ3) is 2.48. The SMILES string of the molecule is CNC(c1ccoc1)c1cc(Cl)c(OC)cc1Cl. The van der Waals surface area contributed by atoms with Gasteiger partial charge in [0.05, 0.1) is 30.7 Å². The molecule has 0 saturated carbocycles. The van der Waals surface area contributed by atoms with Crippen LogP contribution in [0.2, 0.25) is 10.0 Å². The Bertz CT molecular complexity index is 526. The fourth-order valence-electron chi connectivity index (χ4n) is 1.86. The summed E-state index contributed by atoms with van der Waals surface area (Å²) in [4.78, 5) is 0. The molecule has 0 amide bonds. The van der Waals surface area contributed by atoms with Crippen LogP contribution in [0.5, 0.6) is 5.75 Å². The fraction of sp³-hybridized carbons (Fsp3) is 0.231. The molecule has 0 bridgehead atoms. The summed E-state index contributed by atoms with van der Waals surface area (Å²) >= 11 is 12.4. The molecule has 1 heterocycles. The number of hydrogen-bond acceptors (Lipinski definition) is 3. The van der Waals surface area contributed by atoms with Gasteiger partial charge in [-0.15, -0.1) is 0 Å². The lowest BCUT2D eigenvalue weighted by Gasteiger charge is -2.18. The highest BCUT2D eigenvalue weighted by Gasteiger charge is 2.18. The van der Waals surface area contributed by atoms with Gasteiger partial charge >= 0.3 is 0 Å². The average Bonchev–Trinajstić information content (AvgIpc) is 2.87. The van der Waals surface area contributed by atoms with Crippen molar-refractivity contribution in [2.75, 3.05) is 14.2 Å². The molecule has 0 saturated heterocycles. The number of furan rings is 1. The predicted molar refractivity (Wildman–Crippen MR) is 72.6 cm³/mol. The summed E-state index contributed by atoms with van der Waals surface area (Å²) in [6, 6.07) is 5.33. The second-order valence-corrected chi connectivity index (χ2v) is 4.60. The highest BCUT2D eigenvalue weighted by atomic mass is 35.5. The van der Waals surface area contributed by atoms with Crippen LogP contribution in [0.25, 0.3) is 0 Å². The number of halogens is 2. The van der Waals surface area contributed by atoms with Crippen molar-refractivity contribution in [3.05, 3.63) is 51.9 Å². The fourth-order valence-corrected chi connectivity index (χ4v) is 2.37. The van der Waals surface area contributed by atoms with Gasteiger partial charge in [0.2, 0.25) is 0 Å². The second kappa shape index (κ2) is 5.65. The molecular formula is C13H13Cl2NO2. The third-order valence-corrected chi connectivity index (χ3v) is 3.37. The van der Waals surface area contributed by atoms with Gasteiger partial charge in [0.1, 0.15) is 5.75 Å². The second-order valence-electron chi connectivity index (χ2n) is 3.79. The molecule has 2 rings (SSSR count). The monoisotopic (exact) mass is 285 g/mol. The summed E-state index contributed by atoms with van der Waals surface area (Å²) in [6.45, 7) is 0. The van der Waals surface area contributed by atoms with Gasteiger partial charge in [-0.05, 0) is 24.7 Å². The van der Waals surface area contributed by atoms with Crippen LogP contribution in [0.15, 0.2) is 35.1 Å². The van der Waals surface area contributed by atoms with Gasteiger partial charge in [0.15, 0.2) is 0 Å². The van der Waals surface area contributed by atoms with E-state index in [2.05, 4.69) is 5.32 Å². The third-order valence-electron chi connectivity index (χ3n) is 2.75. The van der Waals surface area contributed by atoms with Gasteiger partial charge in [-0.2, -0.15) is 0 Å². The maximum atomic E-state index is 6.26. The molecule has 96 valence electrons. The molecule has 0 aliphatic rings. The lowest BCUT2D eigenvalue weighted by atomic mass is 10.0. The molecule has 0 fully saturated rings. The van der Waals surface area contributed by atoms with E-state index in [9.17, 15) is 0 Å². The minimum Gasteiger partial charge on any atom is -0.495 e. The first-order valence-electron chi connectivity index (χ1n) is 5.39. The largest absolute Gasteiger partial charge is 0.495 e. The number of ether oxygens (including phenoxy) is 1. The maximum absolute atomic E-state index is 6.26. The summed E-state index contributed by atoms with van der Waals surface area (Å²) in [5.41, 5.74) is 1.87. The van der Waals surface area contributed by atoms with E-state index < -0.39 is 0 Å². The minimum atomic E-state index is -0.0698. The van der Waals surface area contributed by atoms with E-state index in [0.29, 0.717) is 15.8 Å². The molecule has 1 aromatic heterocycles. The lowest BCUT2D eigenvalue weighted by molar-refractivity contribution is 0.415. The Balaban J connectivity index is 2.46. The quantitative estimate of drug-likeness (QED) is 0.925. The zero-order valence-electron chi connectivity index (χ0n) is 10.0. The molecule has 5 heteroatoms. The van der Waals surface area contributed by atoms with Gasteiger partial charge in [-0.1, -0.05) is 23.2 Å². The van der Waals surface area contributed by atoms with Crippen molar-refractivity contribution in [2.45, 2.75) is 6.04 Å². The van der Waals surface area contributed by atoms with Gasteiger partial charge < -0.3 is 14.5 Å². The van der Waals surface area contributed by atoms with Crippen molar-refractivity contribution in [3.8, 4) is 5.75 Å². The molecule has 0 radical (unpaired) electrons. The summed E-state index contributed by atoms with van der Waals surface area (Å²) < 4.78 is 10.2. The van der Waals surface area contributed by atoms with Crippen LogP contribution in [0.3, 0.4) is 0 Å². The van der Waals surface area contributed by atoms with Crippen LogP contribution >= 0.6 is 23.2 Å². The van der Waals surface area contributed by atoms with E-state index >= 15 is 0 Å². The molecule has 1 aromatic carbocycles. The van der Waals surface area contributed by atoms with Gasteiger partial charge in [-0.25, -0.2) is 0 Å². The molecule has 1 atom stereocenters. The Morgan fingerprint density at radius 3 is 2.61 bits per heavy atom. The van der Waals surface area contributed by atoms with Crippen molar-refractivity contribution >= 4 is 23.2 Å². The topological polar surface area (TPSA) is 34.4 Å². The normalized spacial score (nSPS) is 12.4. The first-order chi connectivity index (χ1) is 8.67. The highest BCUT2D eigenvalue weighted by Crippen LogP contribution is 2.36. The summed E-state index contributed by atoms with van der Waals surface area (Å²) in [7, 11) is 3.41. The summed E-state index contributed by atoms with van der Waals surface area (Å²) in [6.07, 6.45) is 3.30. The Labute approximate surface area is 116 Å². The molecule has 3 nitrogen and oxygen atoms in total. The number of rotatable bonds is 4. The predicted octanol–water partition coefficient (Wildman–Crippen LogP) is 3.90. The minimum absolute atomic E-state index is 0.0698. The van der Waals surface area contributed by atoms with Crippen molar-refractivity contribution in [3.63, 3.8) is 0 Å². The van der Waals surface area contributed by atoms with Crippen molar-refractivity contribution in [2.24, 2.45) is 0 Å². The molecule has 0 spiro atoms.